The largest absolute Gasteiger partial charge is 0.459 e. The van der Waals surface area contributed by atoms with E-state index in [1.807, 2.05) is 13.0 Å². The minimum absolute atomic E-state index is 0.0257. The molecule has 0 spiro atoms. The molecule has 0 saturated carbocycles. The Balaban J connectivity index is 2.07. The fourth-order valence-electron chi connectivity index (χ4n) is 3.28. The molecule has 1 aliphatic heterocycles. The summed E-state index contributed by atoms with van der Waals surface area (Å²) in [5.41, 5.74) is 0.931. The molecule has 1 aromatic heterocycles. The van der Waals surface area contributed by atoms with E-state index in [1.54, 1.807) is 6.26 Å². The molecule has 19 heavy (non-hydrogen) atoms. The van der Waals surface area contributed by atoms with Gasteiger partial charge in [-0.2, -0.15) is 0 Å². The van der Waals surface area contributed by atoms with E-state index in [0.29, 0.717) is 5.76 Å². The molecule has 1 aromatic rings. The van der Waals surface area contributed by atoms with Crippen molar-refractivity contribution >= 4 is 5.91 Å². The summed E-state index contributed by atoms with van der Waals surface area (Å²) in [6, 6.07) is 1.98. The zero-order chi connectivity index (χ0) is 14.3. The van der Waals surface area contributed by atoms with E-state index in [4.69, 9.17) is 4.42 Å². The number of rotatable bonds is 2. The van der Waals surface area contributed by atoms with Crippen molar-refractivity contribution in [2.75, 3.05) is 0 Å². The van der Waals surface area contributed by atoms with Crippen LogP contribution in [0.5, 0.6) is 0 Å². The summed E-state index contributed by atoms with van der Waals surface area (Å²) in [6.45, 7) is 10.6. The van der Waals surface area contributed by atoms with Gasteiger partial charge in [0.2, 0.25) is 0 Å². The highest BCUT2D eigenvalue weighted by atomic mass is 16.3. The van der Waals surface area contributed by atoms with Crippen LogP contribution in [0.4, 0.5) is 0 Å². The van der Waals surface area contributed by atoms with Crippen LogP contribution in [-0.2, 0) is 0 Å². The predicted octanol–water partition coefficient (Wildman–Crippen LogP) is 2.63. The summed E-state index contributed by atoms with van der Waals surface area (Å²) < 4.78 is 5.24. The van der Waals surface area contributed by atoms with E-state index < -0.39 is 0 Å². The highest BCUT2D eigenvalue weighted by Gasteiger charge is 2.38. The van der Waals surface area contributed by atoms with Gasteiger partial charge in [-0.05, 0) is 53.5 Å². The molecule has 0 bridgehead atoms. The number of aryl methyl sites for hydroxylation is 1. The monoisotopic (exact) mass is 264 g/mol. The van der Waals surface area contributed by atoms with Crippen molar-refractivity contribution in [1.29, 1.82) is 0 Å². The Kier molecular flexibility index (Phi) is 3.47. The summed E-state index contributed by atoms with van der Waals surface area (Å²) in [6.07, 6.45) is 3.39. The highest BCUT2D eigenvalue weighted by molar-refractivity contribution is 5.93. The normalized spacial score (nSPS) is 22.2. The SMILES string of the molecule is Cc1ccoc1C(=O)NC1CC(C)(C)NC(C)(C)C1. The van der Waals surface area contributed by atoms with Gasteiger partial charge < -0.3 is 15.1 Å². The molecular formula is C15H24N2O2. The van der Waals surface area contributed by atoms with Gasteiger partial charge in [0.15, 0.2) is 5.76 Å². The second-order valence-electron chi connectivity index (χ2n) is 6.90. The first-order valence-corrected chi connectivity index (χ1v) is 6.83. The number of furan rings is 1. The maximum atomic E-state index is 12.2. The molecule has 4 nitrogen and oxygen atoms in total. The van der Waals surface area contributed by atoms with E-state index in [0.717, 1.165) is 18.4 Å². The zero-order valence-corrected chi connectivity index (χ0v) is 12.5. The first kappa shape index (κ1) is 14.1. The molecule has 1 amide bonds. The van der Waals surface area contributed by atoms with Crippen molar-refractivity contribution in [3.8, 4) is 0 Å². The molecule has 0 aliphatic carbocycles. The Labute approximate surface area is 114 Å². The van der Waals surface area contributed by atoms with Gasteiger partial charge in [0.25, 0.3) is 5.91 Å². The second kappa shape index (κ2) is 4.67. The molecule has 0 atom stereocenters. The van der Waals surface area contributed by atoms with Crippen molar-refractivity contribution in [2.45, 2.75) is 64.6 Å². The summed E-state index contributed by atoms with van der Waals surface area (Å²) in [4.78, 5) is 12.2. The number of carbonyl (C=O) groups excluding carboxylic acids is 1. The number of hydrogen-bond donors (Lipinski definition) is 2. The first-order chi connectivity index (χ1) is 8.69. The zero-order valence-electron chi connectivity index (χ0n) is 12.5. The third-order valence-electron chi connectivity index (χ3n) is 3.59. The number of hydrogen-bond acceptors (Lipinski definition) is 3. The van der Waals surface area contributed by atoms with Crippen molar-refractivity contribution in [3.05, 3.63) is 23.7 Å². The Bertz CT molecular complexity index is 458. The number of carbonyl (C=O) groups is 1. The molecule has 0 aromatic carbocycles. The molecule has 0 radical (unpaired) electrons. The van der Waals surface area contributed by atoms with E-state index in [-0.39, 0.29) is 23.0 Å². The van der Waals surface area contributed by atoms with Gasteiger partial charge in [0.05, 0.1) is 6.26 Å². The molecule has 1 saturated heterocycles. The quantitative estimate of drug-likeness (QED) is 0.863. The lowest BCUT2D eigenvalue weighted by Crippen LogP contribution is -2.62. The van der Waals surface area contributed by atoms with E-state index in [1.165, 1.54) is 0 Å². The van der Waals surface area contributed by atoms with Crippen molar-refractivity contribution in [1.82, 2.24) is 10.6 Å². The van der Waals surface area contributed by atoms with Gasteiger partial charge in [-0.25, -0.2) is 0 Å². The average molecular weight is 264 g/mol. The van der Waals surface area contributed by atoms with Crippen LogP contribution < -0.4 is 10.6 Å². The molecule has 1 fully saturated rings. The molecule has 1 aliphatic rings. The van der Waals surface area contributed by atoms with Crippen LogP contribution in [0.3, 0.4) is 0 Å². The summed E-state index contributed by atoms with van der Waals surface area (Å²) in [5.74, 6) is 0.315. The molecule has 4 heteroatoms. The number of amides is 1. The standard InChI is InChI=1S/C15H24N2O2/c1-10-6-7-19-12(10)13(18)16-11-8-14(2,3)17-15(4,5)9-11/h6-7,11,17H,8-9H2,1-5H3,(H,16,18). The van der Waals surface area contributed by atoms with E-state index in [9.17, 15) is 4.79 Å². The third-order valence-corrected chi connectivity index (χ3v) is 3.59. The summed E-state index contributed by atoms with van der Waals surface area (Å²) in [5, 5.41) is 6.71. The maximum absolute atomic E-state index is 12.2. The van der Waals surface area contributed by atoms with Gasteiger partial charge in [0.1, 0.15) is 0 Å². The maximum Gasteiger partial charge on any atom is 0.287 e. The van der Waals surface area contributed by atoms with Crippen molar-refractivity contribution in [2.24, 2.45) is 0 Å². The lowest BCUT2D eigenvalue weighted by molar-refractivity contribution is 0.0845. The molecule has 0 unspecified atom stereocenters. The minimum Gasteiger partial charge on any atom is -0.459 e. The fraction of sp³-hybridized carbons (Fsp3) is 0.667. The van der Waals surface area contributed by atoms with Crippen molar-refractivity contribution < 1.29 is 9.21 Å². The molecular weight excluding hydrogens is 240 g/mol. The van der Waals surface area contributed by atoms with Gasteiger partial charge in [-0.1, -0.05) is 0 Å². The Morgan fingerprint density at radius 1 is 1.32 bits per heavy atom. The Morgan fingerprint density at radius 2 is 1.89 bits per heavy atom. The second-order valence-corrected chi connectivity index (χ2v) is 6.90. The number of piperidine rings is 1. The van der Waals surface area contributed by atoms with Crippen LogP contribution in [0.25, 0.3) is 0 Å². The fourth-order valence-corrected chi connectivity index (χ4v) is 3.28. The van der Waals surface area contributed by atoms with Crippen LogP contribution in [0.2, 0.25) is 0 Å². The van der Waals surface area contributed by atoms with Crippen LogP contribution in [-0.4, -0.2) is 23.0 Å². The molecule has 2 heterocycles. The topological polar surface area (TPSA) is 54.3 Å². The lowest BCUT2D eigenvalue weighted by atomic mass is 9.79. The molecule has 2 N–H and O–H groups in total. The van der Waals surface area contributed by atoms with Crippen LogP contribution >= 0.6 is 0 Å². The van der Waals surface area contributed by atoms with E-state index >= 15 is 0 Å². The predicted molar refractivity (Wildman–Crippen MR) is 75.2 cm³/mol. The Hall–Kier alpha value is -1.29. The smallest absolute Gasteiger partial charge is 0.287 e. The lowest BCUT2D eigenvalue weighted by Gasteiger charge is -2.46. The molecule has 106 valence electrons. The first-order valence-electron chi connectivity index (χ1n) is 6.83. The van der Waals surface area contributed by atoms with Crippen LogP contribution in [0, 0.1) is 6.92 Å². The highest BCUT2D eigenvalue weighted by Crippen LogP contribution is 2.28. The van der Waals surface area contributed by atoms with Crippen molar-refractivity contribution in [3.63, 3.8) is 0 Å². The van der Waals surface area contributed by atoms with Crippen LogP contribution in [0.1, 0.15) is 56.7 Å². The summed E-state index contributed by atoms with van der Waals surface area (Å²) in [7, 11) is 0. The van der Waals surface area contributed by atoms with Crippen LogP contribution in [0.15, 0.2) is 16.7 Å². The minimum atomic E-state index is -0.110. The molecule has 2 rings (SSSR count). The number of nitrogens with one attached hydrogen (secondary N) is 2. The third kappa shape index (κ3) is 3.38. The van der Waals surface area contributed by atoms with Gasteiger partial charge >= 0.3 is 0 Å². The van der Waals surface area contributed by atoms with E-state index in [2.05, 4.69) is 38.3 Å². The van der Waals surface area contributed by atoms with Gasteiger partial charge in [0, 0.05) is 22.7 Å². The Morgan fingerprint density at radius 3 is 2.37 bits per heavy atom. The van der Waals surface area contributed by atoms with Gasteiger partial charge in [-0.15, -0.1) is 0 Å². The average Bonchev–Trinajstić information content (AvgIpc) is 2.58. The van der Waals surface area contributed by atoms with Gasteiger partial charge in [-0.3, -0.25) is 4.79 Å². The summed E-state index contributed by atoms with van der Waals surface area (Å²) >= 11 is 0.